The topological polar surface area (TPSA) is 55.9 Å². The fourth-order valence-corrected chi connectivity index (χ4v) is 6.20. The van der Waals surface area contributed by atoms with Gasteiger partial charge >= 0.3 is 0 Å². The summed E-state index contributed by atoms with van der Waals surface area (Å²) < 4.78 is 0. The minimum atomic E-state index is -0.463. The second kappa shape index (κ2) is 11.9. The SMILES string of the molecule is CN1C(C)(C)CN(CCCCCCCCCCCCN2CC(C)(C)NC(C)(C)C2=O)C(=O)C1(C)C. The molecular formula is C29H56N4O2. The van der Waals surface area contributed by atoms with Gasteiger partial charge in [0.15, 0.2) is 0 Å². The first-order valence-corrected chi connectivity index (χ1v) is 14.2. The van der Waals surface area contributed by atoms with Crippen molar-refractivity contribution in [3.8, 4) is 0 Å². The molecule has 0 radical (unpaired) electrons. The van der Waals surface area contributed by atoms with E-state index < -0.39 is 11.1 Å². The van der Waals surface area contributed by atoms with Crippen LogP contribution in [-0.4, -0.2) is 81.9 Å². The number of nitrogens with one attached hydrogen (secondary N) is 1. The Hall–Kier alpha value is -1.14. The highest BCUT2D eigenvalue weighted by molar-refractivity contribution is 5.87. The van der Waals surface area contributed by atoms with Crippen LogP contribution in [0.1, 0.15) is 120 Å². The summed E-state index contributed by atoms with van der Waals surface area (Å²) in [4.78, 5) is 31.9. The molecule has 0 saturated carbocycles. The maximum Gasteiger partial charge on any atom is 0.242 e. The monoisotopic (exact) mass is 492 g/mol. The highest BCUT2D eigenvalue weighted by Crippen LogP contribution is 2.31. The Morgan fingerprint density at radius 3 is 1.49 bits per heavy atom. The summed E-state index contributed by atoms with van der Waals surface area (Å²) in [5, 5.41) is 3.47. The molecule has 2 rings (SSSR count). The average molecular weight is 493 g/mol. The Morgan fingerprint density at radius 1 is 0.629 bits per heavy atom. The Balaban J connectivity index is 1.50. The van der Waals surface area contributed by atoms with Crippen molar-refractivity contribution >= 4 is 11.8 Å². The molecule has 0 aromatic rings. The van der Waals surface area contributed by atoms with Crippen molar-refractivity contribution in [2.75, 3.05) is 33.2 Å². The third-order valence-corrected chi connectivity index (χ3v) is 8.30. The van der Waals surface area contributed by atoms with Crippen molar-refractivity contribution in [2.45, 2.75) is 142 Å². The molecule has 2 saturated heterocycles. The predicted octanol–water partition coefficient (Wildman–Crippen LogP) is 5.21. The summed E-state index contributed by atoms with van der Waals surface area (Å²) in [5.41, 5.74) is -0.889. The summed E-state index contributed by atoms with van der Waals surface area (Å²) in [6.07, 6.45) is 12.4. The quantitative estimate of drug-likeness (QED) is 0.359. The van der Waals surface area contributed by atoms with Gasteiger partial charge in [-0.2, -0.15) is 0 Å². The van der Waals surface area contributed by atoms with E-state index in [1.54, 1.807) is 0 Å². The summed E-state index contributed by atoms with van der Waals surface area (Å²) in [5.74, 6) is 0.509. The first kappa shape index (κ1) is 30.1. The highest BCUT2D eigenvalue weighted by Gasteiger charge is 2.48. The Morgan fingerprint density at radius 2 is 1.03 bits per heavy atom. The molecular weight excluding hydrogens is 436 g/mol. The first-order valence-electron chi connectivity index (χ1n) is 14.2. The minimum absolute atomic E-state index is 0.0190. The number of carbonyl (C=O) groups is 2. The lowest BCUT2D eigenvalue weighted by atomic mass is 9.87. The number of nitrogens with zero attached hydrogens (tertiary/aromatic N) is 3. The molecule has 0 atom stereocenters. The van der Waals surface area contributed by atoms with Crippen molar-refractivity contribution < 1.29 is 9.59 Å². The normalized spacial score (nSPS) is 23.7. The molecule has 2 aliphatic heterocycles. The fourth-order valence-electron chi connectivity index (χ4n) is 6.20. The second-order valence-electron chi connectivity index (χ2n) is 13.6. The van der Waals surface area contributed by atoms with E-state index in [1.165, 1.54) is 51.4 Å². The molecule has 2 fully saturated rings. The van der Waals surface area contributed by atoms with E-state index in [9.17, 15) is 9.59 Å². The van der Waals surface area contributed by atoms with Gasteiger partial charge < -0.3 is 9.80 Å². The van der Waals surface area contributed by atoms with Crippen molar-refractivity contribution in [1.29, 1.82) is 0 Å². The van der Waals surface area contributed by atoms with Crippen molar-refractivity contribution in [3.05, 3.63) is 0 Å². The number of hydrogen-bond acceptors (Lipinski definition) is 4. The van der Waals surface area contributed by atoms with Crippen molar-refractivity contribution in [1.82, 2.24) is 20.0 Å². The number of piperazine rings is 2. The lowest BCUT2D eigenvalue weighted by molar-refractivity contribution is -0.157. The molecule has 0 bridgehead atoms. The van der Waals surface area contributed by atoms with Crippen LogP contribution in [0.3, 0.4) is 0 Å². The first-order chi connectivity index (χ1) is 16.1. The van der Waals surface area contributed by atoms with Gasteiger partial charge in [0, 0.05) is 37.3 Å². The van der Waals surface area contributed by atoms with Crippen LogP contribution in [0.4, 0.5) is 0 Å². The van der Waals surface area contributed by atoms with Gasteiger partial charge in [-0.3, -0.25) is 19.8 Å². The lowest BCUT2D eigenvalue weighted by Gasteiger charge is -2.53. The smallest absolute Gasteiger partial charge is 0.242 e. The van der Waals surface area contributed by atoms with E-state index >= 15 is 0 Å². The zero-order chi connectivity index (χ0) is 26.5. The van der Waals surface area contributed by atoms with E-state index in [2.05, 4.69) is 68.6 Å². The summed E-state index contributed by atoms with van der Waals surface area (Å²) in [6, 6.07) is 0. The number of rotatable bonds is 13. The van der Waals surface area contributed by atoms with Gasteiger partial charge in [0.05, 0.1) is 11.1 Å². The van der Waals surface area contributed by atoms with Crippen LogP contribution in [0.25, 0.3) is 0 Å². The van der Waals surface area contributed by atoms with Gasteiger partial charge in [0.1, 0.15) is 0 Å². The summed E-state index contributed by atoms with van der Waals surface area (Å²) in [6.45, 7) is 20.3. The molecule has 1 N–H and O–H groups in total. The van der Waals surface area contributed by atoms with Crippen LogP contribution >= 0.6 is 0 Å². The molecule has 6 nitrogen and oxygen atoms in total. The van der Waals surface area contributed by atoms with E-state index in [-0.39, 0.29) is 22.9 Å². The molecule has 6 heteroatoms. The predicted molar refractivity (Wildman–Crippen MR) is 147 cm³/mol. The van der Waals surface area contributed by atoms with Gasteiger partial charge in [0.2, 0.25) is 11.8 Å². The average Bonchev–Trinajstić information content (AvgIpc) is 2.73. The van der Waals surface area contributed by atoms with Gasteiger partial charge in [0.25, 0.3) is 0 Å². The van der Waals surface area contributed by atoms with E-state index in [0.29, 0.717) is 0 Å². The number of likely N-dealkylation sites (N-methyl/N-ethyl adjacent to an activating group) is 1. The maximum atomic E-state index is 12.9. The fraction of sp³-hybridized carbons (Fsp3) is 0.931. The molecule has 0 spiro atoms. The van der Waals surface area contributed by atoms with Crippen LogP contribution in [0, 0.1) is 0 Å². The summed E-state index contributed by atoms with van der Waals surface area (Å²) >= 11 is 0. The number of unbranched alkanes of at least 4 members (excludes halogenated alkanes) is 9. The van der Waals surface area contributed by atoms with Crippen LogP contribution in [0.5, 0.6) is 0 Å². The van der Waals surface area contributed by atoms with Gasteiger partial charge in [-0.05, 0) is 75.3 Å². The zero-order valence-corrected chi connectivity index (χ0v) is 24.6. The second-order valence-corrected chi connectivity index (χ2v) is 13.6. The van der Waals surface area contributed by atoms with Gasteiger partial charge in [-0.15, -0.1) is 0 Å². The van der Waals surface area contributed by atoms with E-state index in [1.807, 2.05) is 13.8 Å². The molecule has 35 heavy (non-hydrogen) atoms. The molecule has 2 heterocycles. The van der Waals surface area contributed by atoms with E-state index in [0.717, 1.165) is 39.0 Å². The molecule has 0 aromatic carbocycles. The van der Waals surface area contributed by atoms with Gasteiger partial charge in [-0.25, -0.2) is 0 Å². The Bertz CT molecular complexity index is 713. The number of amides is 2. The molecule has 0 unspecified atom stereocenters. The number of carbonyl (C=O) groups excluding carboxylic acids is 2. The molecule has 0 aromatic heterocycles. The molecule has 204 valence electrons. The van der Waals surface area contributed by atoms with Crippen LogP contribution in [-0.2, 0) is 9.59 Å². The van der Waals surface area contributed by atoms with E-state index in [4.69, 9.17) is 0 Å². The van der Waals surface area contributed by atoms with Crippen LogP contribution < -0.4 is 5.32 Å². The Labute approximate surface area is 216 Å². The standard InChI is InChI=1S/C29H56N4O2/c1-26(2)22-32(24(34)28(5,6)30-26)20-18-16-14-12-10-11-13-15-17-19-21-33-23-27(3,4)31(9)29(7,8)25(33)35/h30H,10-23H2,1-9H3. The zero-order valence-electron chi connectivity index (χ0n) is 24.6. The third-order valence-electron chi connectivity index (χ3n) is 8.30. The maximum absolute atomic E-state index is 12.9. The largest absolute Gasteiger partial charge is 0.339 e. The summed E-state index contributed by atoms with van der Waals surface area (Å²) in [7, 11) is 2.07. The highest BCUT2D eigenvalue weighted by atomic mass is 16.2. The van der Waals surface area contributed by atoms with Crippen LogP contribution in [0.15, 0.2) is 0 Å². The molecule has 2 aliphatic rings. The third kappa shape index (κ3) is 8.18. The van der Waals surface area contributed by atoms with Gasteiger partial charge in [-0.1, -0.05) is 51.4 Å². The lowest BCUT2D eigenvalue weighted by Crippen LogP contribution is -2.69. The van der Waals surface area contributed by atoms with Crippen LogP contribution in [0.2, 0.25) is 0 Å². The molecule has 0 aliphatic carbocycles. The minimum Gasteiger partial charge on any atom is -0.339 e. The van der Waals surface area contributed by atoms with Crippen molar-refractivity contribution in [3.63, 3.8) is 0 Å². The van der Waals surface area contributed by atoms with Crippen molar-refractivity contribution in [2.24, 2.45) is 0 Å². The number of hydrogen-bond donors (Lipinski definition) is 1. The Kier molecular flexibility index (Phi) is 10.3. The molecule has 2 amide bonds.